The molecule has 2 aliphatic heterocycles. The summed E-state index contributed by atoms with van der Waals surface area (Å²) in [5.74, 6) is 2.98. The summed E-state index contributed by atoms with van der Waals surface area (Å²) in [6, 6.07) is 4.78. The molecule has 1 saturated heterocycles. The molecule has 0 unspecified atom stereocenters. The van der Waals surface area contributed by atoms with Gasteiger partial charge >= 0.3 is 0 Å². The molecule has 0 radical (unpaired) electrons. The highest BCUT2D eigenvalue weighted by Crippen LogP contribution is 2.45. The monoisotopic (exact) mass is 319 g/mol. The summed E-state index contributed by atoms with van der Waals surface area (Å²) in [5, 5.41) is 9.42. The summed E-state index contributed by atoms with van der Waals surface area (Å²) < 4.78 is 11.0. The number of hydrogen-bond donors (Lipinski definition) is 1. The van der Waals surface area contributed by atoms with Crippen molar-refractivity contribution in [2.24, 2.45) is 11.8 Å². The Morgan fingerprint density at radius 1 is 1.17 bits per heavy atom. The van der Waals surface area contributed by atoms with Gasteiger partial charge in [-0.3, -0.25) is 4.90 Å². The molecule has 1 N–H and O–H groups in total. The highest BCUT2D eigenvalue weighted by atomic mass is 16.5. The minimum Gasteiger partial charge on any atom is -0.493 e. The molecular weight excluding hydrogens is 290 g/mol. The van der Waals surface area contributed by atoms with Crippen LogP contribution in [-0.2, 0) is 6.42 Å². The highest BCUT2D eigenvalue weighted by molar-refractivity contribution is 5.49. The standard InChI is InChI=1S/C19H29NO3/c1-4-13-12-20-7-5-15-10-18(22-2)19(23-3)11-16(15)17(20)9-14(13)6-8-21/h10-11,13-14,17,21H,4-9,12H2,1-3H3/t13-,14-,17-/m1/s1. The van der Waals surface area contributed by atoms with Crippen molar-refractivity contribution in [1.82, 2.24) is 4.90 Å². The van der Waals surface area contributed by atoms with E-state index in [0.29, 0.717) is 24.5 Å². The maximum atomic E-state index is 9.42. The third kappa shape index (κ3) is 3.07. The van der Waals surface area contributed by atoms with Crippen LogP contribution in [0.25, 0.3) is 0 Å². The number of aliphatic hydroxyl groups excluding tert-OH is 1. The number of piperidine rings is 1. The van der Waals surface area contributed by atoms with Gasteiger partial charge in [0.1, 0.15) is 0 Å². The van der Waals surface area contributed by atoms with E-state index in [1.165, 1.54) is 17.5 Å². The number of nitrogens with zero attached hydrogens (tertiary/aromatic N) is 1. The zero-order valence-electron chi connectivity index (χ0n) is 14.5. The van der Waals surface area contributed by atoms with Gasteiger partial charge in [0, 0.05) is 25.7 Å². The molecule has 2 aliphatic rings. The van der Waals surface area contributed by atoms with E-state index in [9.17, 15) is 5.11 Å². The van der Waals surface area contributed by atoms with Crippen molar-refractivity contribution >= 4 is 0 Å². The predicted molar refractivity (Wildman–Crippen MR) is 91.2 cm³/mol. The first-order chi connectivity index (χ1) is 11.2. The summed E-state index contributed by atoms with van der Waals surface area (Å²) >= 11 is 0. The SMILES string of the molecule is CC[C@@H]1CN2CCc3cc(OC)c(OC)cc3[C@H]2C[C@H]1CCO. The van der Waals surface area contributed by atoms with E-state index in [0.717, 1.165) is 43.9 Å². The molecule has 0 aliphatic carbocycles. The minimum absolute atomic E-state index is 0.298. The van der Waals surface area contributed by atoms with Gasteiger partial charge in [-0.1, -0.05) is 13.3 Å². The number of fused-ring (bicyclic) bond motifs is 3. The molecule has 0 bridgehead atoms. The smallest absolute Gasteiger partial charge is 0.161 e. The van der Waals surface area contributed by atoms with Crippen LogP contribution in [0.2, 0.25) is 0 Å². The number of methoxy groups -OCH3 is 2. The van der Waals surface area contributed by atoms with Crippen LogP contribution in [0.5, 0.6) is 11.5 Å². The van der Waals surface area contributed by atoms with Crippen LogP contribution in [0.15, 0.2) is 12.1 Å². The average Bonchev–Trinajstić information content (AvgIpc) is 2.60. The second-order valence-corrected chi connectivity index (χ2v) is 6.84. The first kappa shape index (κ1) is 16.6. The molecule has 0 aromatic heterocycles. The second kappa shape index (κ2) is 7.10. The second-order valence-electron chi connectivity index (χ2n) is 6.84. The van der Waals surface area contributed by atoms with Gasteiger partial charge in [0.2, 0.25) is 0 Å². The fourth-order valence-electron chi connectivity index (χ4n) is 4.49. The van der Waals surface area contributed by atoms with E-state index >= 15 is 0 Å². The van der Waals surface area contributed by atoms with Crippen LogP contribution >= 0.6 is 0 Å². The number of aliphatic hydroxyl groups is 1. The van der Waals surface area contributed by atoms with Crippen LogP contribution < -0.4 is 9.47 Å². The van der Waals surface area contributed by atoms with Gasteiger partial charge in [-0.05, 0) is 54.4 Å². The van der Waals surface area contributed by atoms with Gasteiger partial charge in [-0.2, -0.15) is 0 Å². The van der Waals surface area contributed by atoms with Gasteiger partial charge in [0.15, 0.2) is 11.5 Å². The Kier molecular flexibility index (Phi) is 5.12. The van der Waals surface area contributed by atoms with E-state index < -0.39 is 0 Å². The average molecular weight is 319 g/mol. The molecule has 0 amide bonds. The number of rotatable bonds is 5. The van der Waals surface area contributed by atoms with E-state index in [1.807, 2.05) is 0 Å². The highest BCUT2D eigenvalue weighted by Gasteiger charge is 2.38. The molecular formula is C19H29NO3. The molecule has 3 rings (SSSR count). The van der Waals surface area contributed by atoms with Crippen molar-refractivity contribution in [2.75, 3.05) is 33.9 Å². The molecule has 0 spiro atoms. The van der Waals surface area contributed by atoms with Crippen molar-refractivity contribution in [3.05, 3.63) is 23.3 Å². The van der Waals surface area contributed by atoms with Crippen molar-refractivity contribution in [1.29, 1.82) is 0 Å². The normalized spacial score (nSPS) is 27.2. The molecule has 1 aromatic rings. The first-order valence-corrected chi connectivity index (χ1v) is 8.81. The van der Waals surface area contributed by atoms with Crippen molar-refractivity contribution in [3.8, 4) is 11.5 Å². The van der Waals surface area contributed by atoms with Crippen molar-refractivity contribution in [3.63, 3.8) is 0 Å². The maximum absolute atomic E-state index is 9.42. The van der Waals surface area contributed by atoms with Crippen LogP contribution in [-0.4, -0.2) is 43.9 Å². The lowest BCUT2D eigenvalue weighted by Crippen LogP contribution is -2.46. The van der Waals surface area contributed by atoms with Crippen molar-refractivity contribution in [2.45, 2.75) is 38.6 Å². The van der Waals surface area contributed by atoms with Crippen LogP contribution in [0.3, 0.4) is 0 Å². The predicted octanol–water partition coefficient (Wildman–Crippen LogP) is 3.03. The van der Waals surface area contributed by atoms with E-state index in [-0.39, 0.29) is 0 Å². The Bertz CT molecular complexity index is 546. The summed E-state index contributed by atoms with van der Waals surface area (Å²) in [7, 11) is 3.40. The Hall–Kier alpha value is -1.26. The Morgan fingerprint density at radius 2 is 1.91 bits per heavy atom. The van der Waals surface area contributed by atoms with Gasteiger partial charge in [0.25, 0.3) is 0 Å². The number of ether oxygens (including phenoxy) is 2. The molecule has 23 heavy (non-hydrogen) atoms. The zero-order valence-corrected chi connectivity index (χ0v) is 14.5. The third-order valence-electron chi connectivity index (χ3n) is 5.80. The Labute approximate surface area is 139 Å². The Morgan fingerprint density at radius 3 is 2.57 bits per heavy atom. The van der Waals surface area contributed by atoms with Crippen LogP contribution in [0.1, 0.15) is 43.4 Å². The minimum atomic E-state index is 0.298. The fraction of sp³-hybridized carbons (Fsp3) is 0.684. The van der Waals surface area contributed by atoms with Gasteiger partial charge in [-0.15, -0.1) is 0 Å². The largest absolute Gasteiger partial charge is 0.493 e. The molecule has 3 atom stereocenters. The first-order valence-electron chi connectivity index (χ1n) is 8.81. The third-order valence-corrected chi connectivity index (χ3v) is 5.80. The summed E-state index contributed by atoms with van der Waals surface area (Å²) in [6.45, 7) is 4.85. The Balaban J connectivity index is 1.92. The van der Waals surface area contributed by atoms with Crippen LogP contribution in [0, 0.1) is 11.8 Å². The lowest BCUT2D eigenvalue weighted by molar-refractivity contribution is 0.0409. The summed E-state index contributed by atoms with van der Waals surface area (Å²) in [5.41, 5.74) is 2.79. The lowest BCUT2D eigenvalue weighted by Gasteiger charge is -2.47. The summed E-state index contributed by atoms with van der Waals surface area (Å²) in [4.78, 5) is 2.64. The number of hydrogen-bond acceptors (Lipinski definition) is 4. The maximum Gasteiger partial charge on any atom is 0.161 e. The fourth-order valence-corrected chi connectivity index (χ4v) is 4.49. The molecule has 4 nitrogen and oxygen atoms in total. The molecule has 2 heterocycles. The topological polar surface area (TPSA) is 41.9 Å². The zero-order chi connectivity index (χ0) is 16.4. The molecule has 0 saturated carbocycles. The van der Waals surface area contributed by atoms with E-state index in [2.05, 4.69) is 24.0 Å². The van der Waals surface area contributed by atoms with Gasteiger partial charge in [-0.25, -0.2) is 0 Å². The van der Waals surface area contributed by atoms with Gasteiger partial charge < -0.3 is 14.6 Å². The van der Waals surface area contributed by atoms with Gasteiger partial charge in [0.05, 0.1) is 14.2 Å². The summed E-state index contributed by atoms with van der Waals surface area (Å²) in [6.07, 6.45) is 4.34. The quantitative estimate of drug-likeness (QED) is 0.906. The lowest BCUT2D eigenvalue weighted by atomic mass is 9.74. The molecule has 1 aromatic carbocycles. The molecule has 4 heteroatoms. The number of benzene rings is 1. The molecule has 1 fully saturated rings. The van der Waals surface area contributed by atoms with Crippen LogP contribution in [0.4, 0.5) is 0 Å². The van der Waals surface area contributed by atoms with Crippen molar-refractivity contribution < 1.29 is 14.6 Å². The van der Waals surface area contributed by atoms with E-state index in [1.54, 1.807) is 14.2 Å². The molecule has 128 valence electrons. The van der Waals surface area contributed by atoms with E-state index in [4.69, 9.17) is 9.47 Å².